The number of nitrogens with zero attached hydrogens (tertiary/aromatic N) is 2. The molecule has 0 bridgehead atoms. The van der Waals surface area contributed by atoms with Crippen LogP contribution in [0, 0.1) is 5.82 Å². The van der Waals surface area contributed by atoms with Crippen LogP contribution in [-0.2, 0) is 4.79 Å². The quantitative estimate of drug-likeness (QED) is 0.643. The lowest BCUT2D eigenvalue weighted by molar-refractivity contribution is -0.121. The van der Waals surface area contributed by atoms with Crippen LogP contribution in [0.25, 0.3) is 0 Å². The molecule has 1 fully saturated rings. The van der Waals surface area contributed by atoms with E-state index in [9.17, 15) is 14.0 Å². The van der Waals surface area contributed by atoms with Crippen molar-refractivity contribution in [2.45, 2.75) is 12.5 Å². The second-order valence-electron chi connectivity index (χ2n) is 7.50. The summed E-state index contributed by atoms with van der Waals surface area (Å²) in [4.78, 5) is 30.0. The fourth-order valence-corrected chi connectivity index (χ4v) is 4.50. The summed E-state index contributed by atoms with van der Waals surface area (Å²) in [7, 11) is 0. The van der Waals surface area contributed by atoms with Gasteiger partial charge in [0.2, 0.25) is 5.91 Å². The van der Waals surface area contributed by atoms with Gasteiger partial charge in [0.1, 0.15) is 11.9 Å². The summed E-state index contributed by atoms with van der Waals surface area (Å²) < 4.78 is 13.2. The Kier molecular flexibility index (Phi) is 6.74. The van der Waals surface area contributed by atoms with E-state index < -0.39 is 6.04 Å². The van der Waals surface area contributed by atoms with Crippen LogP contribution in [0.3, 0.4) is 0 Å². The predicted octanol–water partition coefficient (Wildman–Crippen LogP) is 4.42. The highest BCUT2D eigenvalue weighted by Crippen LogP contribution is 2.25. The molecule has 2 aromatic carbocycles. The first-order chi connectivity index (χ1) is 15.1. The standard InChI is InChI=1S/C24H24FN3O2S/c25-20-7-9-21(10-8-20)26-23(29)22(18-5-2-1-3-6-18)27-12-4-13-28(15-14-27)24(30)19-11-16-31-17-19/h1-3,5-11,16-17,22H,4,12-15H2,(H,26,29). The highest BCUT2D eigenvalue weighted by atomic mass is 32.1. The maximum Gasteiger partial charge on any atom is 0.254 e. The molecule has 7 heteroatoms. The molecular formula is C24H24FN3O2S. The third-order valence-corrected chi connectivity index (χ3v) is 6.11. The summed E-state index contributed by atoms with van der Waals surface area (Å²) in [5.41, 5.74) is 2.16. The van der Waals surface area contributed by atoms with Crippen molar-refractivity contribution in [1.29, 1.82) is 0 Å². The minimum absolute atomic E-state index is 0.0372. The number of anilines is 1. The first-order valence-electron chi connectivity index (χ1n) is 10.3. The number of carbonyl (C=O) groups excluding carboxylic acids is 2. The van der Waals surface area contributed by atoms with Crippen molar-refractivity contribution in [1.82, 2.24) is 9.80 Å². The van der Waals surface area contributed by atoms with Gasteiger partial charge in [-0.1, -0.05) is 30.3 Å². The van der Waals surface area contributed by atoms with Crippen LogP contribution in [-0.4, -0.2) is 47.8 Å². The minimum Gasteiger partial charge on any atom is -0.337 e. The monoisotopic (exact) mass is 437 g/mol. The van der Waals surface area contributed by atoms with Crippen molar-refractivity contribution in [3.63, 3.8) is 0 Å². The molecule has 0 aliphatic carbocycles. The van der Waals surface area contributed by atoms with E-state index in [0.717, 1.165) is 12.0 Å². The average molecular weight is 438 g/mol. The number of benzene rings is 2. The summed E-state index contributed by atoms with van der Waals surface area (Å²) in [5.74, 6) is -0.481. The maximum atomic E-state index is 13.3. The Bertz CT molecular complexity index is 1010. The van der Waals surface area contributed by atoms with E-state index >= 15 is 0 Å². The lowest BCUT2D eigenvalue weighted by atomic mass is 10.0. The summed E-state index contributed by atoms with van der Waals surface area (Å²) in [6, 6.07) is 16.7. The lowest BCUT2D eigenvalue weighted by Crippen LogP contribution is -2.40. The summed E-state index contributed by atoms with van der Waals surface area (Å²) in [6.45, 7) is 2.50. The van der Waals surface area contributed by atoms with E-state index in [1.54, 1.807) is 12.1 Å². The van der Waals surface area contributed by atoms with E-state index in [-0.39, 0.29) is 17.6 Å². The van der Waals surface area contributed by atoms with Crippen LogP contribution in [0.1, 0.15) is 28.4 Å². The van der Waals surface area contributed by atoms with Crippen molar-refractivity contribution >= 4 is 28.8 Å². The molecule has 1 aliphatic rings. The largest absolute Gasteiger partial charge is 0.337 e. The molecule has 1 aliphatic heterocycles. The van der Waals surface area contributed by atoms with E-state index in [4.69, 9.17) is 0 Å². The van der Waals surface area contributed by atoms with Gasteiger partial charge in [0.05, 0.1) is 5.56 Å². The molecule has 1 aromatic heterocycles. The van der Waals surface area contributed by atoms with Gasteiger partial charge in [0, 0.05) is 37.2 Å². The number of hydrogen-bond acceptors (Lipinski definition) is 4. The predicted molar refractivity (Wildman–Crippen MR) is 121 cm³/mol. The Morgan fingerprint density at radius 1 is 0.935 bits per heavy atom. The van der Waals surface area contributed by atoms with Crippen molar-refractivity contribution in [3.05, 3.63) is 88.4 Å². The molecule has 2 amide bonds. The molecule has 0 saturated carbocycles. The number of thiophene rings is 1. The van der Waals surface area contributed by atoms with Gasteiger partial charge in [0.15, 0.2) is 0 Å². The van der Waals surface area contributed by atoms with E-state index in [1.807, 2.05) is 52.1 Å². The highest BCUT2D eigenvalue weighted by Gasteiger charge is 2.30. The molecule has 0 spiro atoms. The van der Waals surface area contributed by atoms with E-state index in [2.05, 4.69) is 10.2 Å². The van der Waals surface area contributed by atoms with Gasteiger partial charge < -0.3 is 10.2 Å². The molecule has 0 radical (unpaired) electrons. The van der Waals surface area contributed by atoms with Crippen molar-refractivity contribution in [2.75, 3.05) is 31.5 Å². The Morgan fingerprint density at radius 3 is 2.42 bits per heavy atom. The summed E-state index contributed by atoms with van der Waals surface area (Å²) >= 11 is 1.51. The fraction of sp³-hybridized carbons (Fsp3) is 0.250. The third kappa shape index (κ3) is 5.18. The van der Waals surface area contributed by atoms with Crippen molar-refractivity contribution in [2.24, 2.45) is 0 Å². The van der Waals surface area contributed by atoms with Gasteiger partial charge in [-0.25, -0.2) is 4.39 Å². The SMILES string of the molecule is O=C(Nc1ccc(F)cc1)C(c1ccccc1)N1CCCN(C(=O)c2ccsc2)CC1. The second-order valence-corrected chi connectivity index (χ2v) is 8.28. The zero-order chi connectivity index (χ0) is 21.6. The Balaban J connectivity index is 1.52. The number of amides is 2. The van der Waals surface area contributed by atoms with Gasteiger partial charge >= 0.3 is 0 Å². The molecule has 2 heterocycles. The molecule has 4 rings (SSSR count). The molecule has 160 valence electrons. The fourth-order valence-electron chi connectivity index (χ4n) is 3.87. The first kappa shape index (κ1) is 21.2. The highest BCUT2D eigenvalue weighted by molar-refractivity contribution is 7.08. The van der Waals surface area contributed by atoms with Crippen LogP contribution in [0.5, 0.6) is 0 Å². The normalized spacial score (nSPS) is 15.8. The first-order valence-corrected chi connectivity index (χ1v) is 11.2. The second kappa shape index (κ2) is 9.85. The van der Waals surface area contributed by atoms with Crippen LogP contribution in [0.4, 0.5) is 10.1 Å². The average Bonchev–Trinajstić information content (AvgIpc) is 3.22. The zero-order valence-corrected chi connectivity index (χ0v) is 17.9. The maximum absolute atomic E-state index is 13.3. The van der Waals surface area contributed by atoms with Crippen molar-refractivity contribution < 1.29 is 14.0 Å². The van der Waals surface area contributed by atoms with Gasteiger partial charge in [-0.15, -0.1) is 0 Å². The van der Waals surface area contributed by atoms with E-state index in [1.165, 1.54) is 23.5 Å². The van der Waals surface area contributed by atoms with Gasteiger partial charge in [0.25, 0.3) is 5.91 Å². The van der Waals surface area contributed by atoms with Crippen molar-refractivity contribution in [3.8, 4) is 0 Å². The third-order valence-electron chi connectivity index (χ3n) is 5.43. The topological polar surface area (TPSA) is 52.7 Å². The molecule has 1 saturated heterocycles. The number of nitrogens with one attached hydrogen (secondary N) is 1. The smallest absolute Gasteiger partial charge is 0.254 e. The minimum atomic E-state index is -0.498. The number of hydrogen-bond donors (Lipinski definition) is 1. The molecule has 31 heavy (non-hydrogen) atoms. The molecule has 3 aromatic rings. The molecular weight excluding hydrogens is 413 g/mol. The van der Waals surface area contributed by atoms with Crippen LogP contribution < -0.4 is 5.32 Å². The molecule has 1 N–H and O–H groups in total. The Hall–Kier alpha value is -3.03. The summed E-state index contributed by atoms with van der Waals surface area (Å²) in [5, 5.41) is 6.69. The zero-order valence-electron chi connectivity index (χ0n) is 17.0. The van der Waals surface area contributed by atoms with Crippen LogP contribution >= 0.6 is 11.3 Å². The van der Waals surface area contributed by atoms with Crippen LogP contribution in [0.2, 0.25) is 0 Å². The Morgan fingerprint density at radius 2 is 1.71 bits per heavy atom. The number of halogens is 1. The van der Waals surface area contributed by atoms with Gasteiger partial charge in [-0.05, 0) is 47.7 Å². The van der Waals surface area contributed by atoms with Gasteiger partial charge in [-0.2, -0.15) is 11.3 Å². The lowest BCUT2D eigenvalue weighted by Gasteiger charge is -2.30. The summed E-state index contributed by atoms with van der Waals surface area (Å²) in [6.07, 6.45) is 0.781. The number of rotatable bonds is 5. The molecule has 5 nitrogen and oxygen atoms in total. The van der Waals surface area contributed by atoms with Crippen LogP contribution in [0.15, 0.2) is 71.4 Å². The Labute approximate surface area is 185 Å². The van der Waals surface area contributed by atoms with E-state index in [0.29, 0.717) is 37.4 Å². The molecule has 1 unspecified atom stereocenters. The number of carbonyl (C=O) groups is 2. The molecule has 1 atom stereocenters. The van der Waals surface area contributed by atoms with Gasteiger partial charge in [-0.3, -0.25) is 14.5 Å².